The van der Waals surface area contributed by atoms with E-state index in [0.29, 0.717) is 0 Å². The Morgan fingerprint density at radius 1 is 1.73 bits per heavy atom. The van der Waals surface area contributed by atoms with Crippen molar-refractivity contribution in [3.05, 3.63) is 24.9 Å². The average molecular weight is 150 g/mol. The average Bonchev–Trinajstić information content (AvgIpc) is 1.99. The fraction of sp³-hybridized carbons (Fsp3) is 0. The molecule has 0 radical (unpaired) electrons. The number of rotatable bonds is 3. The summed E-state index contributed by atoms with van der Waals surface area (Å²) in [7, 11) is 0. The van der Waals surface area contributed by atoms with E-state index in [0.717, 1.165) is 6.08 Å². The number of hydrogen-bond donors (Lipinski definition) is 1. The highest BCUT2D eigenvalue weighted by Gasteiger charge is 2.03. The molecule has 11 heavy (non-hydrogen) atoms. The molecule has 0 unspecified atom stereocenters. The van der Waals surface area contributed by atoms with Crippen LogP contribution in [-0.4, -0.2) is 16.8 Å². The monoisotopic (exact) mass is 150 g/mol. The van der Waals surface area contributed by atoms with Crippen LogP contribution < -0.4 is 0 Å². The third kappa shape index (κ3) is 2.96. The summed E-state index contributed by atoms with van der Waals surface area (Å²) in [6, 6.07) is 1.59. The lowest BCUT2D eigenvalue weighted by Crippen LogP contribution is -2.09. The molecule has 0 aliphatic rings. The molecule has 0 atom stereocenters. The molecular weight excluding hydrogens is 144 g/mol. The second-order valence-electron chi connectivity index (χ2n) is 1.56. The zero-order valence-corrected chi connectivity index (χ0v) is 5.74. The summed E-state index contributed by atoms with van der Waals surface area (Å²) in [6.45, 7) is 6.39. The largest absolute Gasteiger partial charge is 0.477 e. The van der Waals surface area contributed by atoms with Crippen molar-refractivity contribution in [1.82, 2.24) is 0 Å². The topological polar surface area (TPSA) is 73.5 Å². The van der Waals surface area contributed by atoms with E-state index in [1.54, 1.807) is 6.07 Å². The van der Waals surface area contributed by atoms with Crippen molar-refractivity contribution in [2.75, 3.05) is 0 Å². The van der Waals surface area contributed by atoms with Gasteiger partial charge in [-0.3, -0.25) is 0 Å². The summed E-state index contributed by atoms with van der Waals surface area (Å²) in [5.41, 5.74) is -0.432. The lowest BCUT2D eigenvalue weighted by molar-refractivity contribution is -0.129. The van der Waals surface area contributed by atoms with E-state index in [9.17, 15) is 4.79 Å². The first-order valence-corrected chi connectivity index (χ1v) is 2.65. The summed E-state index contributed by atoms with van der Waals surface area (Å²) in [4.78, 5) is 13.6. The zero-order valence-electron chi connectivity index (χ0n) is 5.74. The maximum absolute atomic E-state index is 10.2. The van der Waals surface area contributed by atoms with Gasteiger partial charge in [0.1, 0.15) is 17.5 Å². The number of nitrogens with zero attached hydrogens (tertiary/aromatic N) is 2. The zero-order chi connectivity index (χ0) is 8.85. The van der Waals surface area contributed by atoms with E-state index in [1.807, 2.05) is 0 Å². The molecule has 0 fully saturated rings. The molecule has 0 aromatic heterocycles. The first kappa shape index (κ1) is 9.11. The predicted molar refractivity (Wildman–Crippen MR) is 40.0 cm³/mol. The number of aliphatic carboxylic acids is 1. The molecule has 0 aromatic carbocycles. The lowest BCUT2D eigenvalue weighted by Gasteiger charge is -1.89. The fourth-order valence-electron chi connectivity index (χ4n) is 0.351. The van der Waals surface area contributed by atoms with Crippen LogP contribution in [0, 0.1) is 11.3 Å². The van der Waals surface area contributed by atoms with Gasteiger partial charge in [-0.2, -0.15) is 5.26 Å². The highest BCUT2D eigenvalue weighted by Crippen LogP contribution is 1.91. The Hall–Kier alpha value is -1.89. The fourth-order valence-corrected chi connectivity index (χ4v) is 0.351. The third-order valence-corrected chi connectivity index (χ3v) is 0.797. The van der Waals surface area contributed by atoms with E-state index < -0.39 is 5.97 Å². The second-order valence-corrected chi connectivity index (χ2v) is 1.56. The Bertz CT molecular complexity index is 271. The van der Waals surface area contributed by atoms with Crippen molar-refractivity contribution in [1.29, 1.82) is 5.26 Å². The van der Waals surface area contributed by atoms with E-state index in [2.05, 4.69) is 18.2 Å². The van der Waals surface area contributed by atoms with Crippen molar-refractivity contribution < 1.29 is 9.90 Å². The molecule has 0 heterocycles. The molecule has 0 aliphatic carbocycles. The van der Waals surface area contributed by atoms with Crippen molar-refractivity contribution in [3.8, 4) is 6.07 Å². The highest BCUT2D eigenvalue weighted by atomic mass is 16.4. The van der Waals surface area contributed by atoms with Gasteiger partial charge in [0.2, 0.25) is 0 Å². The Balaban J connectivity index is 4.65. The molecule has 4 nitrogen and oxygen atoms in total. The van der Waals surface area contributed by atoms with Crippen molar-refractivity contribution in [2.45, 2.75) is 0 Å². The van der Waals surface area contributed by atoms with Gasteiger partial charge in [-0.15, -0.1) is 0 Å². The number of carboxylic acid groups (broad SMARTS) is 1. The lowest BCUT2D eigenvalue weighted by atomic mass is 10.3. The van der Waals surface area contributed by atoms with E-state index in [-0.39, 0.29) is 11.4 Å². The van der Waals surface area contributed by atoms with Crippen LogP contribution >= 0.6 is 0 Å². The Morgan fingerprint density at radius 3 is 2.55 bits per heavy atom. The van der Waals surface area contributed by atoms with E-state index >= 15 is 0 Å². The van der Waals surface area contributed by atoms with Crippen LogP contribution in [0.1, 0.15) is 0 Å². The maximum atomic E-state index is 10.2. The summed E-state index contributed by atoms with van der Waals surface area (Å²) in [5.74, 6) is -1.23. The molecule has 1 N–H and O–H groups in total. The van der Waals surface area contributed by atoms with Crippen LogP contribution in [0.4, 0.5) is 0 Å². The molecule has 0 saturated heterocycles. The minimum Gasteiger partial charge on any atom is -0.477 e. The first-order chi connectivity index (χ1) is 5.11. The molecule has 4 heteroatoms. The number of aliphatic imine (C=N–C) groups is 1. The quantitative estimate of drug-likeness (QED) is 0.476. The Kier molecular flexibility index (Phi) is 3.32. The first-order valence-electron chi connectivity index (χ1n) is 2.65. The number of carbonyl (C=O) groups is 1. The minimum atomic E-state index is -1.23. The van der Waals surface area contributed by atoms with Gasteiger partial charge in [0.25, 0.3) is 0 Å². The van der Waals surface area contributed by atoms with Crippen molar-refractivity contribution in [2.24, 2.45) is 4.99 Å². The summed E-state index contributed by atoms with van der Waals surface area (Å²) in [6.07, 6.45) is 1.05. The number of carboxylic acids is 1. The molecule has 56 valence electrons. The number of allylic oxidation sites excluding steroid dienone is 1. The molecule has 0 bridgehead atoms. The molecule has 0 spiro atoms. The Morgan fingerprint density at radius 2 is 2.27 bits per heavy atom. The van der Waals surface area contributed by atoms with Gasteiger partial charge in [0.05, 0.1) is 0 Å². The summed E-state index contributed by atoms with van der Waals surface area (Å²) in [5, 5.41) is 16.5. The van der Waals surface area contributed by atoms with Crippen molar-refractivity contribution >= 4 is 11.7 Å². The van der Waals surface area contributed by atoms with Crippen LogP contribution in [0.2, 0.25) is 0 Å². The standard InChI is InChI=1S/C7H6N2O2/c1-3-6(7(10)11)9-5(2)4-8/h3H,1-2H2,(H,10,11). The molecule has 0 aromatic rings. The van der Waals surface area contributed by atoms with Gasteiger partial charge < -0.3 is 5.11 Å². The van der Waals surface area contributed by atoms with Gasteiger partial charge in [-0.05, 0) is 6.08 Å². The van der Waals surface area contributed by atoms with Crippen LogP contribution in [-0.2, 0) is 4.79 Å². The molecule has 0 aliphatic heterocycles. The van der Waals surface area contributed by atoms with E-state index in [1.165, 1.54) is 0 Å². The van der Waals surface area contributed by atoms with Crippen LogP contribution in [0.3, 0.4) is 0 Å². The molecule has 0 rings (SSSR count). The van der Waals surface area contributed by atoms with Gasteiger partial charge in [-0.1, -0.05) is 13.2 Å². The number of hydrogen-bond acceptors (Lipinski definition) is 3. The SMILES string of the molecule is C=CC(=NC(=C)C#N)C(=O)O. The maximum Gasteiger partial charge on any atom is 0.354 e. The summed E-state index contributed by atoms with van der Waals surface area (Å²) >= 11 is 0. The number of nitriles is 1. The smallest absolute Gasteiger partial charge is 0.354 e. The Labute approximate surface area is 63.8 Å². The molecule has 0 amide bonds. The van der Waals surface area contributed by atoms with Gasteiger partial charge in [0, 0.05) is 0 Å². The van der Waals surface area contributed by atoms with E-state index in [4.69, 9.17) is 10.4 Å². The predicted octanol–water partition coefficient (Wildman–Crippen LogP) is 0.735. The van der Waals surface area contributed by atoms with Crippen LogP contribution in [0.5, 0.6) is 0 Å². The van der Waals surface area contributed by atoms with Crippen LogP contribution in [0.25, 0.3) is 0 Å². The van der Waals surface area contributed by atoms with Gasteiger partial charge in [0.15, 0.2) is 0 Å². The molecular formula is C7H6N2O2. The minimum absolute atomic E-state index is 0.151. The summed E-state index contributed by atoms with van der Waals surface area (Å²) < 4.78 is 0. The normalized spacial score (nSPS) is 9.91. The third-order valence-electron chi connectivity index (χ3n) is 0.797. The van der Waals surface area contributed by atoms with Crippen LogP contribution in [0.15, 0.2) is 29.9 Å². The van der Waals surface area contributed by atoms with Gasteiger partial charge in [-0.25, -0.2) is 9.79 Å². The molecule has 0 saturated carbocycles. The highest BCUT2D eigenvalue weighted by molar-refractivity contribution is 6.40. The van der Waals surface area contributed by atoms with Crippen molar-refractivity contribution in [3.63, 3.8) is 0 Å². The second kappa shape index (κ2) is 4.01. The van der Waals surface area contributed by atoms with Gasteiger partial charge >= 0.3 is 5.97 Å².